The van der Waals surface area contributed by atoms with Gasteiger partial charge in [-0.25, -0.2) is 9.97 Å². The van der Waals surface area contributed by atoms with Gasteiger partial charge in [0.05, 0.1) is 21.1 Å². The van der Waals surface area contributed by atoms with Crippen LogP contribution in [0.5, 0.6) is 0 Å². The van der Waals surface area contributed by atoms with Gasteiger partial charge in [0.15, 0.2) is 0 Å². The topological polar surface area (TPSA) is 58.1 Å². The summed E-state index contributed by atoms with van der Waals surface area (Å²) in [7, 11) is 0. The summed E-state index contributed by atoms with van der Waals surface area (Å²) in [5.41, 5.74) is 1.35. The summed E-state index contributed by atoms with van der Waals surface area (Å²) >= 11 is 12.2. The van der Waals surface area contributed by atoms with Crippen LogP contribution in [0, 0.1) is 0 Å². The molecule has 0 radical (unpaired) electrons. The average Bonchev–Trinajstić information content (AvgIpc) is 2.70. The van der Waals surface area contributed by atoms with Crippen molar-refractivity contribution in [2.75, 3.05) is 18.0 Å². The largest absolute Gasteiger partial charge is 0.356 e. The highest BCUT2D eigenvalue weighted by Gasteiger charge is 2.24. The number of amides is 1. The molecule has 0 aliphatic carbocycles. The minimum atomic E-state index is -0.187. The molecule has 0 atom stereocenters. The van der Waals surface area contributed by atoms with Crippen molar-refractivity contribution in [3.05, 3.63) is 64.4 Å². The molecule has 0 unspecified atom stereocenters. The number of hydrogen-bond donors (Lipinski definition) is 1. The molecule has 27 heavy (non-hydrogen) atoms. The number of piperidine rings is 1. The number of para-hydroxylation sites is 1. The summed E-state index contributed by atoms with van der Waals surface area (Å²) in [4.78, 5) is 23.6. The van der Waals surface area contributed by atoms with E-state index in [2.05, 4.69) is 20.2 Å². The van der Waals surface area contributed by atoms with Crippen LogP contribution in [0.25, 0.3) is 10.9 Å². The smallest absolute Gasteiger partial charge is 0.253 e. The molecule has 138 valence electrons. The second kappa shape index (κ2) is 7.71. The van der Waals surface area contributed by atoms with E-state index in [9.17, 15) is 4.79 Å². The summed E-state index contributed by atoms with van der Waals surface area (Å²) in [6.45, 7) is 1.63. The van der Waals surface area contributed by atoms with E-state index in [1.807, 2.05) is 24.3 Å². The van der Waals surface area contributed by atoms with Crippen molar-refractivity contribution < 1.29 is 4.79 Å². The van der Waals surface area contributed by atoms with E-state index in [4.69, 9.17) is 23.2 Å². The molecule has 1 fully saturated rings. The zero-order valence-corrected chi connectivity index (χ0v) is 16.0. The molecule has 0 bridgehead atoms. The lowest BCUT2D eigenvalue weighted by Crippen LogP contribution is -2.45. The number of benzene rings is 2. The molecule has 1 saturated heterocycles. The molecule has 1 aliphatic rings. The van der Waals surface area contributed by atoms with Crippen LogP contribution >= 0.6 is 23.2 Å². The third kappa shape index (κ3) is 3.70. The van der Waals surface area contributed by atoms with E-state index < -0.39 is 0 Å². The standard InChI is InChI=1S/C20H18Cl2N4O/c21-16-6-3-5-15(18(16)22)20(27)25-13-8-10-26(11-9-13)19-14-4-1-2-7-17(14)23-12-24-19/h1-7,12-13H,8-11H2,(H,25,27). The quantitative estimate of drug-likeness (QED) is 0.710. The summed E-state index contributed by atoms with van der Waals surface area (Å²) < 4.78 is 0. The van der Waals surface area contributed by atoms with Crippen molar-refractivity contribution in [3.8, 4) is 0 Å². The second-order valence-electron chi connectivity index (χ2n) is 6.55. The summed E-state index contributed by atoms with van der Waals surface area (Å²) in [5, 5.41) is 4.80. The Morgan fingerprint density at radius 1 is 1.04 bits per heavy atom. The Balaban J connectivity index is 1.43. The number of hydrogen-bond acceptors (Lipinski definition) is 4. The molecule has 0 saturated carbocycles. The number of fused-ring (bicyclic) bond motifs is 1. The number of nitrogens with zero attached hydrogens (tertiary/aromatic N) is 3. The van der Waals surface area contributed by atoms with Gasteiger partial charge in [0.2, 0.25) is 0 Å². The van der Waals surface area contributed by atoms with Gasteiger partial charge in [-0.2, -0.15) is 0 Å². The molecule has 7 heteroatoms. The molecule has 1 aliphatic heterocycles. The van der Waals surface area contributed by atoms with Gasteiger partial charge < -0.3 is 10.2 Å². The van der Waals surface area contributed by atoms with Crippen molar-refractivity contribution in [1.29, 1.82) is 0 Å². The maximum absolute atomic E-state index is 12.5. The predicted molar refractivity (Wildman–Crippen MR) is 109 cm³/mol. The first-order chi connectivity index (χ1) is 13.1. The third-order valence-electron chi connectivity index (χ3n) is 4.85. The van der Waals surface area contributed by atoms with Gasteiger partial charge in [-0.05, 0) is 37.1 Å². The van der Waals surface area contributed by atoms with Crippen molar-refractivity contribution >= 4 is 45.8 Å². The van der Waals surface area contributed by atoms with E-state index >= 15 is 0 Å². The number of carbonyl (C=O) groups excluding carboxylic acids is 1. The van der Waals surface area contributed by atoms with Crippen LogP contribution in [-0.2, 0) is 0 Å². The molecule has 1 aromatic heterocycles. The van der Waals surface area contributed by atoms with E-state index in [0.717, 1.165) is 42.7 Å². The first-order valence-corrected chi connectivity index (χ1v) is 9.58. The third-order valence-corrected chi connectivity index (χ3v) is 5.67. The SMILES string of the molecule is O=C(NC1CCN(c2ncnc3ccccc23)CC1)c1cccc(Cl)c1Cl. The Morgan fingerprint density at radius 3 is 2.63 bits per heavy atom. The lowest BCUT2D eigenvalue weighted by Gasteiger charge is -2.33. The van der Waals surface area contributed by atoms with Gasteiger partial charge in [-0.3, -0.25) is 4.79 Å². The Bertz CT molecular complexity index is 981. The number of halogens is 2. The lowest BCUT2D eigenvalue weighted by atomic mass is 10.0. The zero-order chi connectivity index (χ0) is 18.8. The first-order valence-electron chi connectivity index (χ1n) is 8.83. The minimum Gasteiger partial charge on any atom is -0.356 e. The predicted octanol–water partition coefficient (Wildman–Crippen LogP) is 4.34. The molecule has 3 aromatic rings. The van der Waals surface area contributed by atoms with Gasteiger partial charge in [0.25, 0.3) is 5.91 Å². The van der Waals surface area contributed by atoms with Crippen LogP contribution in [0.15, 0.2) is 48.8 Å². The lowest BCUT2D eigenvalue weighted by molar-refractivity contribution is 0.0931. The molecule has 0 spiro atoms. The number of anilines is 1. The van der Waals surface area contributed by atoms with Gasteiger partial charge in [0.1, 0.15) is 12.1 Å². The van der Waals surface area contributed by atoms with Crippen LogP contribution in [0.1, 0.15) is 23.2 Å². The minimum absolute atomic E-state index is 0.0944. The fourth-order valence-electron chi connectivity index (χ4n) is 3.42. The number of rotatable bonds is 3. The van der Waals surface area contributed by atoms with Crippen LogP contribution in [0.3, 0.4) is 0 Å². The van der Waals surface area contributed by atoms with Gasteiger partial charge in [-0.15, -0.1) is 0 Å². The van der Waals surface area contributed by atoms with E-state index in [-0.39, 0.29) is 11.9 Å². The summed E-state index contributed by atoms with van der Waals surface area (Å²) in [6, 6.07) is 13.2. The highest BCUT2D eigenvalue weighted by Crippen LogP contribution is 2.27. The van der Waals surface area contributed by atoms with Crippen LogP contribution in [-0.4, -0.2) is 35.0 Å². The van der Waals surface area contributed by atoms with Crippen molar-refractivity contribution in [3.63, 3.8) is 0 Å². The van der Waals surface area contributed by atoms with E-state index in [1.54, 1.807) is 24.5 Å². The van der Waals surface area contributed by atoms with Gasteiger partial charge in [0, 0.05) is 24.5 Å². The molecule has 1 amide bonds. The Kier molecular flexibility index (Phi) is 5.14. The molecule has 2 heterocycles. The van der Waals surface area contributed by atoms with Crippen LogP contribution < -0.4 is 10.2 Å². The zero-order valence-electron chi connectivity index (χ0n) is 14.5. The number of nitrogens with one attached hydrogen (secondary N) is 1. The fourth-order valence-corrected chi connectivity index (χ4v) is 3.81. The highest BCUT2D eigenvalue weighted by atomic mass is 35.5. The molecule has 2 aromatic carbocycles. The second-order valence-corrected chi connectivity index (χ2v) is 7.34. The molecule has 1 N–H and O–H groups in total. The van der Waals surface area contributed by atoms with Crippen LogP contribution in [0.2, 0.25) is 10.0 Å². The van der Waals surface area contributed by atoms with Crippen molar-refractivity contribution in [1.82, 2.24) is 15.3 Å². The fraction of sp³-hybridized carbons (Fsp3) is 0.250. The molecule has 5 nitrogen and oxygen atoms in total. The van der Waals surface area contributed by atoms with Crippen LogP contribution in [0.4, 0.5) is 5.82 Å². The van der Waals surface area contributed by atoms with Gasteiger partial charge in [-0.1, -0.05) is 41.4 Å². The van der Waals surface area contributed by atoms with E-state index in [1.165, 1.54) is 0 Å². The normalized spacial score (nSPS) is 15.1. The Morgan fingerprint density at radius 2 is 1.81 bits per heavy atom. The Labute approximate surface area is 167 Å². The van der Waals surface area contributed by atoms with Gasteiger partial charge >= 0.3 is 0 Å². The monoisotopic (exact) mass is 400 g/mol. The average molecular weight is 401 g/mol. The first kappa shape index (κ1) is 18.0. The molecular formula is C20H18Cl2N4O. The van der Waals surface area contributed by atoms with Crippen molar-refractivity contribution in [2.45, 2.75) is 18.9 Å². The van der Waals surface area contributed by atoms with E-state index in [0.29, 0.717) is 15.6 Å². The summed E-state index contributed by atoms with van der Waals surface area (Å²) in [6.07, 6.45) is 3.27. The summed E-state index contributed by atoms with van der Waals surface area (Å²) in [5.74, 6) is 0.761. The Hall–Kier alpha value is -2.37. The number of aromatic nitrogens is 2. The maximum atomic E-state index is 12.5. The highest BCUT2D eigenvalue weighted by molar-refractivity contribution is 6.43. The molecular weight excluding hydrogens is 383 g/mol. The van der Waals surface area contributed by atoms with Crippen molar-refractivity contribution in [2.24, 2.45) is 0 Å². The maximum Gasteiger partial charge on any atom is 0.253 e. The number of carbonyl (C=O) groups is 1. The molecule has 4 rings (SSSR count).